The van der Waals surface area contributed by atoms with Crippen LogP contribution < -0.4 is 20.8 Å². The van der Waals surface area contributed by atoms with Crippen LogP contribution in [0.5, 0.6) is 5.75 Å². The zero-order chi connectivity index (χ0) is 24.2. The quantitative estimate of drug-likeness (QED) is 0.334. The second-order valence-electron chi connectivity index (χ2n) is 7.16. The molecular formula is C24H18BrFN4O4. The number of nitrogens with one attached hydrogen (secondary N) is 3. The summed E-state index contributed by atoms with van der Waals surface area (Å²) in [5.41, 5.74) is 3.67. The summed E-state index contributed by atoms with van der Waals surface area (Å²) in [6, 6.07) is 18.7. The number of hydrogen-bond donors (Lipinski definition) is 3. The fourth-order valence-electron chi connectivity index (χ4n) is 3.25. The van der Waals surface area contributed by atoms with Crippen molar-refractivity contribution in [1.29, 1.82) is 0 Å². The smallest absolute Gasteiger partial charge is 0.328 e. The first-order chi connectivity index (χ1) is 16.3. The van der Waals surface area contributed by atoms with E-state index in [9.17, 15) is 18.8 Å². The summed E-state index contributed by atoms with van der Waals surface area (Å²) in [5, 5.41) is 5.73. The van der Waals surface area contributed by atoms with Gasteiger partial charge in [0.15, 0.2) is 0 Å². The molecule has 0 aliphatic carbocycles. The van der Waals surface area contributed by atoms with Crippen LogP contribution in [0, 0.1) is 5.82 Å². The maximum absolute atomic E-state index is 13.4. The zero-order valence-electron chi connectivity index (χ0n) is 17.8. The van der Waals surface area contributed by atoms with E-state index in [0.29, 0.717) is 22.3 Å². The summed E-state index contributed by atoms with van der Waals surface area (Å²) in [5.74, 6) is -2.50. The van der Waals surface area contributed by atoms with E-state index >= 15 is 0 Å². The summed E-state index contributed by atoms with van der Waals surface area (Å²) >= 11 is 3.38. The van der Waals surface area contributed by atoms with Crippen molar-refractivity contribution in [3.05, 3.63) is 88.8 Å². The Morgan fingerprint density at radius 1 is 0.882 bits per heavy atom. The first-order valence-corrected chi connectivity index (χ1v) is 10.8. The van der Waals surface area contributed by atoms with E-state index < -0.39 is 23.5 Å². The number of carbonyl (C=O) groups is 3. The Morgan fingerprint density at radius 3 is 2.35 bits per heavy atom. The molecule has 0 bridgehead atoms. The van der Waals surface area contributed by atoms with Gasteiger partial charge in [-0.05, 0) is 66.7 Å². The van der Waals surface area contributed by atoms with Crippen LogP contribution in [0.3, 0.4) is 0 Å². The van der Waals surface area contributed by atoms with E-state index in [1.165, 1.54) is 30.0 Å². The van der Waals surface area contributed by atoms with E-state index in [1.807, 2.05) is 0 Å². The van der Waals surface area contributed by atoms with Crippen LogP contribution in [0.25, 0.3) is 10.9 Å². The highest BCUT2D eigenvalue weighted by atomic mass is 79.9. The van der Waals surface area contributed by atoms with Crippen molar-refractivity contribution in [1.82, 2.24) is 4.68 Å². The highest BCUT2D eigenvalue weighted by Gasteiger charge is 2.21. The molecule has 10 heteroatoms. The molecule has 1 aromatic heterocycles. The number of anilines is 2. The number of amides is 3. The second kappa shape index (κ2) is 9.75. The third kappa shape index (κ3) is 5.07. The molecule has 0 saturated carbocycles. The van der Waals surface area contributed by atoms with E-state index in [0.717, 1.165) is 10.5 Å². The molecule has 1 heterocycles. The van der Waals surface area contributed by atoms with Gasteiger partial charge in [0.1, 0.15) is 17.3 Å². The topological polar surface area (TPSA) is 101 Å². The van der Waals surface area contributed by atoms with Crippen molar-refractivity contribution in [2.24, 2.45) is 0 Å². The maximum atomic E-state index is 13.4. The number of fused-ring (bicyclic) bond motifs is 1. The Morgan fingerprint density at radius 2 is 1.65 bits per heavy atom. The van der Waals surface area contributed by atoms with Crippen molar-refractivity contribution in [3.63, 3.8) is 0 Å². The number of benzene rings is 3. The largest absolute Gasteiger partial charge is 0.497 e. The fraction of sp³-hybridized carbons (Fsp3) is 0.0417. The Labute approximate surface area is 201 Å². The molecule has 0 fully saturated rings. The first kappa shape index (κ1) is 23.0. The molecule has 4 aromatic rings. The standard InChI is InChI=1S/C24H18BrFN4O4/c1-34-19-8-6-17(7-9-19)27-22(31)21-12-14-11-15(25)5-10-20(14)30(21)29-24(33)23(32)28-18-4-2-3-16(26)13-18/h2-13H,1H3,(H,27,31)(H,28,32)(H,29,33). The molecule has 0 aliphatic heterocycles. The van der Waals surface area contributed by atoms with Crippen LogP contribution in [0.15, 0.2) is 77.3 Å². The number of hydrogen-bond acceptors (Lipinski definition) is 4. The van der Waals surface area contributed by atoms with Crippen molar-refractivity contribution in [2.45, 2.75) is 0 Å². The van der Waals surface area contributed by atoms with Crippen LogP contribution in [0.2, 0.25) is 0 Å². The van der Waals surface area contributed by atoms with E-state index in [1.54, 1.807) is 48.5 Å². The van der Waals surface area contributed by atoms with Gasteiger partial charge < -0.3 is 15.4 Å². The lowest BCUT2D eigenvalue weighted by Gasteiger charge is -2.13. The van der Waals surface area contributed by atoms with Crippen molar-refractivity contribution in [3.8, 4) is 5.75 Å². The monoisotopic (exact) mass is 524 g/mol. The van der Waals surface area contributed by atoms with Gasteiger partial charge in [-0.15, -0.1) is 0 Å². The summed E-state index contributed by atoms with van der Waals surface area (Å²) < 4.78 is 20.5. The lowest BCUT2D eigenvalue weighted by Crippen LogP contribution is -2.36. The maximum Gasteiger partial charge on any atom is 0.328 e. The predicted octanol–water partition coefficient (Wildman–Crippen LogP) is 4.51. The average molecular weight is 525 g/mol. The molecule has 0 aliphatic rings. The van der Waals surface area contributed by atoms with Gasteiger partial charge >= 0.3 is 11.8 Å². The van der Waals surface area contributed by atoms with E-state index in [2.05, 4.69) is 32.0 Å². The van der Waals surface area contributed by atoms with Gasteiger partial charge in [0.05, 0.1) is 12.6 Å². The number of methoxy groups -OCH3 is 1. The number of carbonyl (C=O) groups excluding carboxylic acids is 3. The van der Waals surface area contributed by atoms with Gasteiger partial charge in [-0.3, -0.25) is 19.8 Å². The third-order valence-electron chi connectivity index (χ3n) is 4.85. The molecule has 0 saturated heterocycles. The summed E-state index contributed by atoms with van der Waals surface area (Å²) in [4.78, 5) is 38.1. The molecule has 0 unspecified atom stereocenters. The van der Waals surface area contributed by atoms with Gasteiger partial charge in [0, 0.05) is 21.2 Å². The number of halogens is 2. The van der Waals surface area contributed by atoms with E-state index in [4.69, 9.17) is 4.74 Å². The predicted molar refractivity (Wildman–Crippen MR) is 130 cm³/mol. The van der Waals surface area contributed by atoms with Crippen LogP contribution >= 0.6 is 15.9 Å². The lowest BCUT2D eigenvalue weighted by atomic mass is 10.2. The fourth-order valence-corrected chi connectivity index (χ4v) is 3.63. The Kier molecular flexibility index (Phi) is 6.60. The number of aromatic nitrogens is 1. The Balaban J connectivity index is 1.61. The minimum Gasteiger partial charge on any atom is -0.497 e. The van der Waals surface area contributed by atoms with Gasteiger partial charge in [-0.2, -0.15) is 0 Å². The molecule has 172 valence electrons. The molecule has 3 N–H and O–H groups in total. The van der Waals surface area contributed by atoms with Crippen LogP contribution in [0.1, 0.15) is 10.5 Å². The van der Waals surface area contributed by atoms with E-state index in [-0.39, 0.29) is 11.4 Å². The summed E-state index contributed by atoms with van der Waals surface area (Å²) in [7, 11) is 1.54. The van der Waals surface area contributed by atoms with Gasteiger partial charge in [0.2, 0.25) is 0 Å². The third-order valence-corrected chi connectivity index (χ3v) is 5.34. The Hall–Kier alpha value is -4.18. The van der Waals surface area contributed by atoms with Crippen LogP contribution in [-0.2, 0) is 9.59 Å². The lowest BCUT2D eigenvalue weighted by molar-refractivity contribution is -0.133. The summed E-state index contributed by atoms with van der Waals surface area (Å²) in [6.45, 7) is 0. The minimum absolute atomic E-state index is 0.0934. The van der Waals surface area contributed by atoms with Crippen molar-refractivity contribution >= 4 is 55.9 Å². The molecule has 0 atom stereocenters. The number of rotatable bonds is 5. The molecular weight excluding hydrogens is 507 g/mol. The molecule has 4 rings (SSSR count). The number of ether oxygens (including phenoxy) is 1. The van der Waals surface area contributed by atoms with Crippen molar-refractivity contribution < 1.29 is 23.5 Å². The average Bonchev–Trinajstić information content (AvgIpc) is 3.17. The minimum atomic E-state index is -1.04. The highest BCUT2D eigenvalue weighted by molar-refractivity contribution is 9.10. The van der Waals surface area contributed by atoms with Gasteiger partial charge in [0.25, 0.3) is 5.91 Å². The molecule has 8 nitrogen and oxygen atoms in total. The molecule has 34 heavy (non-hydrogen) atoms. The number of nitrogens with zero attached hydrogens (tertiary/aromatic N) is 1. The summed E-state index contributed by atoms with van der Waals surface area (Å²) in [6.07, 6.45) is 0. The van der Waals surface area contributed by atoms with Crippen LogP contribution in [0.4, 0.5) is 15.8 Å². The zero-order valence-corrected chi connectivity index (χ0v) is 19.4. The molecule has 0 spiro atoms. The molecule has 3 amide bonds. The highest BCUT2D eigenvalue weighted by Crippen LogP contribution is 2.24. The first-order valence-electron chi connectivity index (χ1n) is 9.98. The van der Waals surface area contributed by atoms with Crippen LogP contribution in [-0.4, -0.2) is 29.5 Å². The van der Waals surface area contributed by atoms with Gasteiger partial charge in [-0.25, -0.2) is 9.07 Å². The SMILES string of the molecule is COc1ccc(NC(=O)c2cc3cc(Br)ccc3n2NC(=O)C(=O)Nc2cccc(F)c2)cc1. The Bertz CT molecular complexity index is 1400. The van der Waals surface area contributed by atoms with Gasteiger partial charge in [-0.1, -0.05) is 22.0 Å². The van der Waals surface area contributed by atoms with Crippen molar-refractivity contribution in [2.75, 3.05) is 23.2 Å². The second-order valence-corrected chi connectivity index (χ2v) is 8.07. The molecule has 3 aromatic carbocycles. The molecule has 0 radical (unpaired) electrons. The normalized spacial score (nSPS) is 10.6.